The molecule has 4 heteroatoms. The van der Waals surface area contributed by atoms with Gasteiger partial charge in [-0.2, -0.15) is 0 Å². The summed E-state index contributed by atoms with van der Waals surface area (Å²) in [7, 11) is 0. The summed E-state index contributed by atoms with van der Waals surface area (Å²) in [6.07, 6.45) is 0. The fourth-order valence-electron chi connectivity index (χ4n) is 1.75. The largest absolute Gasteiger partial charge is 0.368 e. The molecule has 92 valence electrons. The van der Waals surface area contributed by atoms with E-state index in [9.17, 15) is 0 Å². The molecule has 0 saturated heterocycles. The number of hydrazone groups is 1. The molecule has 2 rings (SSSR count). The minimum absolute atomic E-state index is 0.296. The molecule has 0 aliphatic rings. The Labute approximate surface area is 107 Å². The lowest BCUT2D eigenvalue weighted by Crippen LogP contribution is -2.37. The van der Waals surface area contributed by atoms with Gasteiger partial charge in [0.1, 0.15) is 0 Å². The van der Waals surface area contributed by atoms with Crippen LogP contribution in [0.3, 0.4) is 0 Å². The molecular weight excluding hydrogens is 224 g/mol. The highest BCUT2D eigenvalue weighted by atomic mass is 15.3. The number of benzene rings is 2. The van der Waals surface area contributed by atoms with E-state index in [1.54, 1.807) is 0 Å². The van der Waals surface area contributed by atoms with E-state index < -0.39 is 0 Å². The smallest absolute Gasteiger partial charge is 0.218 e. The molecule has 0 radical (unpaired) electrons. The van der Waals surface area contributed by atoms with Crippen molar-refractivity contribution in [3.8, 4) is 0 Å². The molecule has 0 heterocycles. The van der Waals surface area contributed by atoms with Gasteiger partial charge in [-0.25, -0.2) is 0 Å². The van der Waals surface area contributed by atoms with Crippen molar-refractivity contribution in [1.82, 2.24) is 0 Å². The van der Waals surface area contributed by atoms with Gasteiger partial charge in [-0.1, -0.05) is 48.5 Å². The van der Waals surface area contributed by atoms with Crippen LogP contribution in [-0.4, -0.2) is 5.96 Å². The predicted molar refractivity (Wildman–Crippen MR) is 74.9 cm³/mol. The lowest BCUT2D eigenvalue weighted by Gasteiger charge is -2.23. The SMILES string of the molecule is NN=C(N)N(Cc1ccccc1)c1ccccc1. The van der Waals surface area contributed by atoms with Crippen molar-refractivity contribution in [2.75, 3.05) is 4.90 Å². The summed E-state index contributed by atoms with van der Waals surface area (Å²) in [5, 5.41) is 3.58. The molecule has 0 saturated carbocycles. The van der Waals surface area contributed by atoms with Gasteiger partial charge in [-0.3, -0.25) is 0 Å². The van der Waals surface area contributed by atoms with Crippen LogP contribution >= 0.6 is 0 Å². The van der Waals surface area contributed by atoms with Crippen LogP contribution in [0.2, 0.25) is 0 Å². The van der Waals surface area contributed by atoms with Gasteiger partial charge < -0.3 is 16.5 Å². The number of para-hydroxylation sites is 1. The molecular formula is C14H16N4. The number of hydrogen-bond acceptors (Lipinski definition) is 2. The molecule has 0 aliphatic heterocycles. The number of anilines is 1. The van der Waals surface area contributed by atoms with Crippen molar-refractivity contribution in [2.45, 2.75) is 6.54 Å². The zero-order valence-electron chi connectivity index (χ0n) is 10.0. The molecule has 0 amide bonds. The van der Waals surface area contributed by atoms with E-state index in [0.29, 0.717) is 12.5 Å². The third-order valence-electron chi connectivity index (χ3n) is 2.66. The van der Waals surface area contributed by atoms with Crippen molar-refractivity contribution in [2.24, 2.45) is 16.7 Å². The van der Waals surface area contributed by atoms with E-state index in [0.717, 1.165) is 11.3 Å². The number of rotatable bonds is 3. The Morgan fingerprint density at radius 1 is 0.944 bits per heavy atom. The number of guanidine groups is 1. The van der Waals surface area contributed by atoms with Gasteiger partial charge in [0.2, 0.25) is 5.96 Å². The normalized spacial score (nSPS) is 11.2. The van der Waals surface area contributed by atoms with Crippen LogP contribution in [0.5, 0.6) is 0 Å². The second kappa shape index (κ2) is 5.72. The summed E-state index contributed by atoms with van der Waals surface area (Å²) < 4.78 is 0. The predicted octanol–water partition coefficient (Wildman–Crippen LogP) is 1.88. The highest BCUT2D eigenvalue weighted by molar-refractivity contribution is 5.94. The fraction of sp³-hybridized carbons (Fsp3) is 0.0714. The van der Waals surface area contributed by atoms with Gasteiger partial charge in [0.05, 0.1) is 6.54 Å². The van der Waals surface area contributed by atoms with Crippen LogP contribution in [0.4, 0.5) is 5.69 Å². The Bertz CT molecular complexity index is 508. The highest BCUT2D eigenvalue weighted by Crippen LogP contribution is 2.16. The van der Waals surface area contributed by atoms with Crippen LogP contribution in [0.15, 0.2) is 65.8 Å². The van der Waals surface area contributed by atoms with Crippen LogP contribution in [0.1, 0.15) is 5.56 Å². The van der Waals surface area contributed by atoms with E-state index >= 15 is 0 Å². The molecule has 0 aliphatic carbocycles. The summed E-state index contributed by atoms with van der Waals surface area (Å²) in [6, 6.07) is 19.9. The van der Waals surface area contributed by atoms with Crippen molar-refractivity contribution in [1.29, 1.82) is 0 Å². The third kappa shape index (κ3) is 2.79. The summed E-state index contributed by atoms with van der Waals surface area (Å²) >= 11 is 0. The number of hydrogen-bond donors (Lipinski definition) is 2. The first kappa shape index (κ1) is 12.0. The summed E-state index contributed by atoms with van der Waals surface area (Å²) in [4.78, 5) is 1.87. The van der Waals surface area contributed by atoms with E-state index in [4.69, 9.17) is 11.6 Å². The lowest BCUT2D eigenvalue weighted by molar-refractivity contribution is 0.980. The summed E-state index contributed by atoms with van der Waals surface area (Å²) in [6.45, 7) is 0.636. The van der Waals surface area contributed by atoms with Crippen LogP contribution < -0.4 is 16.5 Å². The number of nitrogens with zero attached hydrogens (tertiary/aromatic N) is 2. The van der Waals surface area contributed by atoms with Crippen LogP contribution in [0.25, 0.3) is 0 Å². The van der Waals surface area contributed by atoms with Gasteiger partial charge >= 0.3 is 0 Å². The Morgan fingerprint density at radius 2 is 1.50 bits per heavy atom. The molecule has 2 aromatic carbocycles. The molecule has 0 atom stereocenters. The van der Waals surface area contributed by atoms with E-state index in [1.165, 1.54) is 0 Å². The van der Waals surface area contributed by atoms with Crippen LogP contribution in [0, 0.1) is 0 Å². The van der Waals surface area contributed by atoms with E-state index in [1.807, 2.05) is 65.6 Å². The van der Waals surface area contributed by atoms with Crippen molar-refractivity contribution >= 4 is 11.6 Å². The second-order valence-corrected chi connectivity index (χ2v) is 3.89. The van der Waals surface area contributed by atoms with Crippen molar-refractivity contribution < 1.29 is 0 Å². The minimum Gasteiger partial charge on any atom is -0.368 e. The Kier molecular flexibility index (Phi) is 3.81. The molecule has 4 N–H and O–H groups in total. The van der Waals surface area contributed by atoms with Crippen molar-refractivity contribution in [3.63, 3.8) is 0 Å². The first-order valence-corrected chi connectivity index (χ1v) is 5.71. The number of nitrogens with two attached hydrogens (primary N) is 2. The van der Waals surface area contributed by atoms with Crippen molar-refractivity contribution in [3.05, 3.63) is 66.2 Å². The maximum Gasteiger partial charge on any atom is 0.218 e. The van der Waals surface area contributed by atoms with E-state index in [-0.39, 0.29) is 0 Å². The average Bonchev–Trinajstić information content (AvgIpc) is 2.46. The first-order valence-electron chi connectivity index (χ1n) is 5.71. The molecule has 0 aromatic heterocycles. The molecule has 18 heavy (non-hydrogen) atoms. The van der Waals surface area contributed by atoms with Gasteiger partial charge in [0, 0.05) is 5.69 Å². The maximum atomic E-state index is 5.85. The third-order valence-corrected chi connectivity index (χ3v) is 2.66. The van der Waals surface area contributed by atoms with E-state index in [2.05, 4.69) is 5.10 Å². The Morgan fingerprint density at radius 3 is 2.06 bits per heavy atom. The molecule has 0 bridgehead atoms. The molecule has 2 aromatic rings. The van der Waals surface area contributed by atoms with Gasteiger partial charge in [-0.15, -0.1) is 5.10 Å². The topological polar surface area (TPSA) is 67.6 Å². The standard InChI is InChI=1S/C14H16N4/c15-14(17-16)18(13-9-5-2-6-10-13)11-12-7-3-1-4-8-12/h1-10H,11,16H2,(H2,15,17). The second-order valence-electron chi connectivity index (χ2n) is 3.89. The average molecular weight is 240 g/mol. The van der Waals surface area contributed by atoms with Gasteiger partial charge in [-0.05, 0) is 17.7 Å². The minimum atomic E-state index is 0.296. The Balaban J connectivity index is 2.27. The van der Waals surface area contributed by atoms with Gasteiger partial charge in [0.25, 0.3) is 0 Å². The molecule has 4 nitrogen and oxygen atoms in total. The lowest BCUT2D eigenvalue weighted by atomic mass is 10.2. The molecule has 0 fully saturated rings. The summed E-state index contributed by atoms with van der Waals surface area (Å²) in [5.74, 6) is 5.58. The first-order chi connectivity index (χ1) is 8.81. The molecule has 0 spiro atoms. The summed E-state index contributed by atoms with van der Waals surface area (Å²) in [5.41, 5.74) is 7.96. The zero-order valence-corrected chi connectivity index (χ0v) is 10.0. The quantitative estimate of drug-likeness (QED) is 0.372. The van der Waals surface area contributed by atoms with Crippen LogP contribution in [-0.2, 0) is 6.54 Å². The fourth-order valence-corrected chi connectivity index (χ4v) is 1.75. The zero-order chi connectivity index (χ0) is 12.8. The highest BCUT2D eigenvalue weighted by Gasteiger charge is 2.10. The monoisotopic (exact) mass is 240 g/mol. The Hall–Kier alpha value is -2.49. The van der Waals surface area contributed by atoms with Gasteiger partial charge in [0.15, 0.2) is 0 Å². The molecule has 0 unspecified atom stereocenters. The maximum absolute atomic E-state index is 5.85.